The summed E-state index contributed by atoms with van der Waals surface area (Å²) in [7, 11) is 0. The third kappa shape index (κ3) is 5.86. The number of anilines is 1. The molecule has 0 saturated carbocycles. The molecular formula is C28H19ClF3N3O3S. The zero-order chi connectivity index (χ0) is 27.7. The van der Waals surface area contributed by atoms with Crippen LogP contribution in [0.4, 0.5) is 23.7 Å². The minimum Gasteiger partial charge on any atom is -0.342 e. The predicted molar refractivity (Wildman–Crippen MR) is 145 cm³/mol. The van der Waals surface area contributed by atoms with E-state index >= 15 is 0 Å². The summed E-state index contributed by atoms with van der Waals surface area (Å²) in [5.41, 5.74) is 1.66. The summed E-state index contributed by atoms with van der Waals surface area (Å²) in [6.07, 6.45) is -1.08. The topological polar surface area (TPSA) is 71.4 Å². The standard InChI is InChI=1S/C28H19ClF3N3O3S/c29-20-10-8-17(9-11-20)14-34-15-18(22-6-1-2-7-23(22)34)12-24-26(37)35(27(38)39-24)16-25(36)33-21-5-3-4-19(13-21)28(30,31)32/h1-13,15H,14,16H2,(H,33,36)/b24-12-. The van der Waals surface area contributed by atoms with Gasteiger partial charge in [0.1, 0.15) is 6.54 Å². The monoisotopic (exact) mass is 569 g/mol. The van der Waals surface area contributed by atoms with Crippen molar-refractivity contribution in [2.75, 3.05) is 11.9 Å². The lowest BCUT2D eigenvalue weighted by Gasteiger charge is -2.13. The maximum atomic E-state index is 13.0. The maximum absolute atomic E-state index is 13.0. The van der Waals surface area contributed by atoms with Crippen LogP contribution in [0.5, 0.6) is 0 Å². The highest BCUT2D eigenvalue weighted by molar-refractivity contribution is 8.18. The molecule has 198 valence electrons. The normalized spacial score (nSPS) is 15.0. The highest BCUT2D eigenvalue weighted by Crippen LogP contribution is 2.35. The van der Waals surface area contributed by atoms with E-state index < -0.39 is 35.3 Å². The molecule has 5 rings (SSSR count). The molecule has 0 radical (unpaired) electrons. The molecule has 3 amide bonds. The number of fused-ring (bicyclic) bond motifs is 1. The Labute approximate surface area is 230 Å². The van der Waals surface area contributed by atoms with Crippen LogP contribution >= 0.6 is 23.4 Å². The van der Waals surface area contributed by atoms with Gasteiger partial charge in [-0.2, -0.15) is 13.2 Å². The number of hydrogen-bond acceptors (Lipinski definition) is 4. The number of nitrogens with one attached hydrogen (secondary N) is 1. The molecule has 4 aromatic rings. The highest BCUT2D eigenvalue weighted by Gasteiger charge is 2.36. The van der Waals surface area contributed by atoms with Crippen molar-refractivity contribution in [2.24, 2.45) is 0 Å². The van der Waals surface area contributed by atoms with E-state index in [1.165, 1.54) is 6.07 Å². The lowest BCUT2D eigenvalue weighted by atomic mass is 10.1. The quantitative estimate of drug-likeness (QED) is 0.253. The molecule has 6 nitrogen and oxygen atoms in total. The van der Waals surface area contributed by atoms with Crippen LogP contribution in [0.25, 0.3) is 17.0 Å². The van der Waals surface area contributed by atoms with Gasteiger partial charge in [-0.05, 0) is 59.8 Å². The Balaban J connectivity index is 1.34. The number of imide groups is 1. The first-order chi connectivity index (χ1) is 18.6. The average molecular weight is 570 g/mol. The Morgan fingerprint density at radius 2 is 1.74 bits per heavy atom. The highest BCUT2D eigenvalue weighted by atomic mass is 35.5. The molecule has 0 atom stereocenters. The number of benzene rings is 3. The van der Waals surface area contributed by atoms with Crippen molar-refractivity contribution in [1.82, 2.24) is 9.47 Å². The molecule has 3 aromatic carbocycles. The number of thioether (sulfide) groups is 1. The fourth-order valence-corrected chi connectivity index (χ4v) is 5.16. The van der Waals surface area contributed by atoms with E-state index in [4.69, 9.17) is 11.6 Å². The van der Waals surface area contributed by atoms with Crippen LogP contribution in [-0.2, 0) is 22.3 Å². The molecule has 1 aliphatic rings. The Hall–Kier alpha value is -4.02. The molecule has 39 heavy (non-hydrogen) atoms. The largest absolute Gasteiger partial charge is 0.416 e. The number of halogens is 4. The van der Waals surface area contributed by atoms with E-state index in [0.29, 0.717) is 23.3 Å². The summed E-state index contributed by atoms with van der Waals surface area (Å²) < 4.78 is 40.9. The average Bonchev–Trinajstić information content (AvgIpc) is 3.37. The zero-order valence-corrected chi connectivity index (χ0v) is 21.6. The van der Waals surface area contributed by atoms with Crippen molar-refractivity contribution in [3.63, 3.8) is 0 Å². The molecule has 1 N–H and O–H groups in total. The molecule has 0 unspecified atom stereocenters. The van der Waals surface area contributed by atoms with E-state index in [1.807, 2.05) is 59.3 Å². The summed E-state index contributed by atoms with van der Waals surface area (Å²) in [5.74, 6) is -1.45. The second-order valence-corrected chi connectivity index (χ2v) is 10.2. The van der Waals surface area contributed by atoms with Crippen LogP contribution in [-0.4, -0.2) is 33.1 Å². The number of amides is 3. The minimum atomic E-state index is -4.57. The lowest BCUT2D eigenvalue weighted by Crippen LogP contribution is -2.36. The first kappa shape index (κ1) is 26.6. The van der Waals surface area contributed by atoms with Gasteiger partial charge in [0.05, 0.1) is 10.5 Å². The van der Waals surface area contributed by atoms with Gasteiger partial charge in [0.15, 0.2) is 0 Å². The molecule has 0 aliphatic carbocycles. The number of carbonyl (C=O) groups is 3. The number of aromatic nitrogens is 1. The second-order valence-electron chi connectivity index (χ2n) is 8.75. The molecule has 1 aliphatic heterocycles. The number of alkyl halides is 3. The number of nitrogens with zero attached hydrogens (tertiary/aromatic N) is 2. The van der Waals surface area contributed by atoms with Crippen LogP contribution in [0.15, 0.2) is 83.9 Å². The molecule has 0 bridgehead atoms. The van der Waals surface area contributed by atoms with E-state index in [9.17, 15) is 27.6 Å². The number of hydrogen-bond donors (Lipinski definition) is 1. The summed E-state index contributed by atoms with van der Waals surface area (Å²) in [6.45, 7) is -0.0701. The lowest BCUT2D eigenvalue weighted by molar-refractivity contribution is -0.137. The van der Waals surface area contributed by atoms with Crippen LogP contribution in [0.1, 0.15) is 16.7 Å². The Morgan fingerprint density at radius 1 is 1.00 bits per heavy atom. The number of para-hydroxylation sites is 1. The van der Waals surface area contributed by atoms with Crippen molar-refractivity contribution in [3.8, 4) is 0 Å². The molecule has 1 saturated heterocycles. The minimum absolute atomic E-state index is 0.0918. The van der Waals surface area contributed by atoms with Gasteiger partial charge in [-0.15, -0.1) is 0 Å². The van der Waals surface area contributed by atoms with Crippen molar-refractivity contribution in [3.05, 3.63) is 106 Å². The van der Waals surface area contributed by atoms with E-state index in [2.05, 4.69) is 5.32 Å². The third-order valence-corrected chi connectivity index (χ3v) is 7.18. The molecule has 0 spiro atoms. The Morgan fingerprint density at radius 3 is 2.49 bits per heavy atom. The van der Waals surface area contributed by atoms with E-state index in [-0.39, 0.29) is 10.6 Å². The van der Waals surface area contributed by atoms with Crippen LogP contribution in [0, 0.1) is 0 Å². The van der Waals surface area contributed by atoms with Gasteiger partial charge in [-0.1, -0.05) is 48.0 Å². The molecule has 1 aromatic heterocycles. The molecule has 11 heteroatoms. The van der Waals surface area contributed by atoms with Crippen molar-refractivity contribution in [2.45, 2.75) is 12.7 Å². The second kappa shape index (κ2) is 10.6. The summed E-state index contributed by atoms with van der Waals surface area (Å²) in [5, 5.41) is 3.18. The number of rotatable bonds is 6. The van der Waals surface area contributed by atoms with Gasteiger partial charge in [0.25, 0.3) is 11.1 Å². The molecular weight excluding hydrogens is 551 g/mol. The van der Waals surface area contributed by atoms with Crippen molar-refractivity contribution in [1.29, 1.82) is 0 Å². The van der Waals surface area contributed by atoms with E-state index in [1.54, 1.807) is 6.08 Å². The fourth-order valence-electron chi connectivity index (χ4n) is 4.20. The Bertz CT molecular complexity index is 1630. The zero-order valence-electron chi connectivity index (χ0n) is 20.0. The predicted octanol–water partition coefficient (Wildman–Crippen LogP) is 7.04. The maximum Gasteiger partial charge on any atom is 0.416 e. The third-order valence-electron chi connectivity index (χ3n) is 6.02. The van der Waals surface area contributed by atoms with Gasteiger partial charge in [0, 0.05) is 39.9 Å². The summed E-state index contributed by atoms with van der Waals surface area (Å²) >= 11 is 6.69. The molecule has 2 heterocycles. The SMILES string of the molecule is O=C(CN1C(=O)S/C(=C\c2cn(Cc3ccc(Cl)cc3)c3ccccc23)C1=O)Nc1cccc(C(F)(F)F)c1. The van der Waals surface area contributed by atoms with Gasteiger partial charge in [0.2, 0.25) is 5.91 Å². The first-order valence-corrected chi connectivity index (χ1v) is 12.8. The number of carbonyl (C=O) groups excluding carboxylic acids is 3. The Kier molecular flexibility index (Phi) is 7.24. The van der Waals surface area contributed by atoms with Crippen LogP contribution < -0.4 is 5.32 Å². The molecule has 1 fully saturated rings. The van der Waals surface area contributed by atoms with Crippen molar-refractivity contribution < 1.29 is 27.6 Å². The van der Waals surface area contributed by atoms with Gasteiger partial charge in [-0.25, -0.2) is 0 Å². The van der Waals surface area contributed by atoms with Gasteiger partial charge in [-0.3, -0.25) is 19.3 Å². The van der Waals surface area contributed by atoms with Gasteiger partial charge >= 0.3 is 6.18 Å². The van der Waals surface area contributed by atoms with Crippen LogP contribution in [0.2, 0.25) is 5.02 Å². The summed E-state index contributed by atoms with van der Waals surface area (Å²) in [4.78, 5) is 39.0. The first-order valence-electron chi connectivity index (χ1n) is 11.6. The summed E-state index contributed by atoms with van der Waals surface area (Å²) in [6, 6.07) is 19.2. The van der Waals surface area contributed by atoms with E-state index in [0.717, 1.165) is 45.1 Å². The van der Waals surface area contributed by atoms with Crippen molar-refractivity contribution >= 4 is 63.1 Å². The fraction of sp³-hybridized carbons (Fsp3) is 0.107. The smallest absolute Gasteiger partial charge is 0.342 e. The van der Waals surface area contributed by atoms with Gasteiger partial charge < -0.3 is 9.88 Å². The van der Waals surface area contributed by atoms with Crippen LogP contribution in [0.3, 0.4) is 0 Å².